The summed E-state index contributed by atoms with van der Waals surface area (Å²) in [4.78, 5) is 12.2. The molecular weight excluding hydrogens is 428 g/mol. The van der Waals surface area contributed by atoms with Gasteiger partial charge in [0, 0.05) is 10.7 Å². The fourth-order valence-corrected chi connectivity index (χ4v) is 3.01. The number of benzene rings is 3. The number of allylic oxidation sites excluding steroid dienone is 1. The van der Waals surface area contributed by atoms with E-state index in [-0.39, 0.29) is 12.5 Å². The molecule has 0 unspecified atom stereocenters. The zero-order valence-electron chi connectivity index (χ0n) is 17.6. The number of nitrogens with zero attached hydrogens (tertiary/aromatic N) is 1. The zero-order chi connectivity index (χ0) is 22.9. The summed E-state index contributed by atoms with van der Waals surface area (Å²) in [6.07, 6.45) is 1.75. The molecule has 0 aliphatic heterocycles. The van der Waals surface area contributed by atoms with Gasteiger partial charge in [-0.05, 0) is 77.9 Å². The van der Waals surface area contributed by atoms with Gasteiger partial charge in [-0.25, -0.2) is 0 Å². The Labute approximate surface area is 191 Å². The van der Waals surface area contributed by atoms with Gasteiger partial charge in [0.15, 0.2) is 18.1 Å². The van der Waals surface area contributed by atoms with E-state index in [1.165, 1.54) is 7.11 Å². The molecule has 3 rings (SSSR count). The van der Waals surface area contributed by atoms with Crippen LogP contribution < -0.4 is 19.5 Å². The van der Waals surface area contributed by atoms with Gasteiger partial charge in [-0.1, -0.05) is 17.7 Å². The number of hydrogen-bond acceptors (Lipinski definition) is 5. The van der Waals surface area contributed by atoms with Crippen LogP contribution in [0.2, 0.25) is 5.02 Å². The van der Waals surface area contributed by atoms with Crippen LogP contribution in [0.5, 0.6) is 17.2 Å². The molecule has 162 valence electrons. The van der Waals surface area contributed by atoms with Crippen molar-refractivity contribution in [2.75, 3.05) is 26.1 Å². The molecule has 0 atom stereocenters. The van der Waals surface area contributed by atoms with E-state index in [0.29, 0.717) is 33.5 Å². The first kappa shape index (κ1) is 22.7. The average molecular weight is 449 g/mol. The van der Waals surface area contributed by atoms with Crippen LogP contribution >= 0.6 is 11.6 Å². The Kier molecular flexibility index (Phi) is 7.74. The second-order valence-electron chi connectivity index (χ2n) is 6.65. The highest BCUT2D eigenvalue weighted by Crippen LogP contribution is 2.30. The monoisotopic (exact) mass is 448 g/mol. The van der Waals surface area contributed by atoms with Gasteiger partial charge in [-0.3, -0.25) is 4.79 Å². The molecule has 0 fully saturated rings. The van der Waals surface area contributed by atoms with Crippen molar-refractivity contribution < 1.29 is 19.0 Å². The van der Waals surface area contributed by atoms with E-state index in [1.54, 1.807) is 67.8 Å². The lowest BCUT2D eigenvalue weighted by atomic mass is 10.0. The molecule has 1 N–H and O–H groups in total. The summed E-state index contributed by atoms with van der Waals surface area (Å²) in [5, 5.41) is 12.9. The highest BCUT2D eigenvalue weighted by atomic mass is 35.5. The van der Waals surface area contributed by atoms with Crippen molar-refractivity contribution in [2.24, 2.45) is 0 Å². The Bertz CT molecular complexity index is 1150. The minimum absolute atomic E-state index is 0.191. The summed E-state index contributed by atoms with van der Waals surface area (Å²) in [5.41, 5.74) is 2.64. The number of hydrogen-bond donors (Lipinski definition) is 1. The van der Waals surface area contributed by atoms with E-state index in [2.05, 4.69) is 11.4 Å². The number of amides is 1. The number of ether oxygens (including phenoxy) is 3. The van der Waals surface area contributed by atoms with Crippen LogP contribution in [0.3, 0.4) is 0 Å². The lowest BCUT2D eigenvalue weighted by molar-refractivity contribution is -0.118. The van der Waals surface area contributed by atoms with Gasteiger partial charge >= 0.3 is 0 Å². The third kappa shape index (κ3) is 6.03. The SMILES string of the molecule is COc1ccc(/C(C#N)=C/c2ccc(OCC(=O)Nc3ccc(Cl)cc3)c(OC)c2)cc1. The second-order valence-corrected chi connectivity index (χ2v) is 7.09. The Morgan fingerprint density at radius 3 is 2.34 bits per heavy atom. The van der Waals surface area contributed by atoms with Crippen LogP contribution in [0.1, 0.15) is 11.1 Å². The molecular formula is C25H21ClN2O4. The van der Waals surface area contributed by atoms with E-state index in [4.69, 9.17) is 25.8 Å². The van der Waals surface area contributed by atoms with Crippen LogP contribution in [0.15, 0.2) is 66.7 Å². The molecule has 32 heavy (non-hydrogen) atoms. The lowest BCUT2D eigenvalue weighted by Gasteiger charge is -2.12. The van der Waals surface area contributed by atoms with E-state index >= 15 is 0 Å². The molecule has 0 saturated heterocycles. The van der Waals surface area contributed by atoms with Crippen LogP contribution in [-0.2, 0) is 4.79 Å². The second kappa shape index (κ2) is 10.9. The maximum absolute atomic E-state index is 12.2. The summed E-state index contributed by atoms with van der Waals surface area (Å²) in [6, 6.07) is 21.5. The van der Waals surface area contributed by atoms with Crippen LogP contribution in [-0.4, -0.2) is 26.7 Å². The predicted molar refractivity (Wildman–Crippen MR) is 125 cm³/mol. The standard InChI is InChI=1S/C25H21ClN2O4/c1-30-22-10-4-18(5-11-22)19(15-27)13-17-3-12-23(24(14-17)31-2)32-16-25(29)28-21-8-6-20(26)7-9-21/h3-14H,16H2,1-2H3,(H,28,29)/b19-13+. The highest BCUT2D eigenvalue weighted by Gasteiger charge is 2.10. The average Bonchev–Trinajstić information content (AvgIpc) is 2.83. The summed E-state index contributed by atoms with van der Waals surface area (Å²) in [5.74, 6) is 1.27. The number of methoxy groups -OCH3 is 2. The zero-order valence-corrected chi connectivity index (χ0v) is 18.3. The van der Waals surface area contributed by atoms with Gasteiger partial charge in [0.05, 0.1) is 25.9 Å². The number of nitriles is 1. The van der Waals surface area contributed by atoms with Crippen LogP contribution in [0.4, 0.5) is 5.69 Å². The minimum Gasteiger partial charge on any atom is -0.497 e. The molecule has 7 heteroatoms. The van der Waals surface area contributed by atoms with Gasteiger partial charge in [0.25, 0.3) is 5.91 Å². The van der Waals surface area contributed by atoms with E-state index in [0.717, 1.165) is 11.1 Å². The molecule has 0 saturated carbocycles. The van der Waals surface area contributed by atoms with Crippen molar-refractivity contribution in [1.82, 2.24) is 0 Å². The molecule has 0 aliphatic carbocycles. The van der Waals surface area contributed by atoms with Gasteiger partial charge in [-0.2, -0.15) is 5.26 Å². The van der Waals surface area contributed by atoms with Crippen LogP contribution in [0.25, 0.3) is 11.6 Å². The number of rotatable bonds is 8. The highest BCUT2D eigenvalue weighted by molar-refractivity contribution is 6.30. The van der Waals surface area contributed by atoms with Crippen molar-refractivity contribution >= 4 is 34.8 Å². The van der Waals surface area contributed by atoms with Crippen LogP contribution in [0, 0.1) is 11.3 Å². The first-order valence-electron chi connectivity index (χ1n) is 9.65. The molecule has 1 amide bonds. The third-order valence-corrected chi connectivity index (χ3v) is 4.76. The molecule has 6 nitrogen and oxygen atoms in total. The maximum atomic E-state index is 12.2. The fraction of sp³-hybridized carbons (Fsp3) is 0.120. The van der Waals surface area contributed by atoms with Gasteiger partial charge in [-0.15, -0.1) is 0 Å². The summed E-state index contributed by atoms with van der Waals surface area (Å²) < 4.78 is 16.2. The number of anilines is 1. The Hall–Kier alpha value is -3.95. The van der Waals surface area contributed by atoms with Gasteiger partial charge in [0.2, 0.25) is 0 Å². The van der Waals surface area contributed by atoms with Crippen molar-refractivity contribution in [3.63, 3.8) is 0 Å². The Balaban J connectivity index is 1.70. The summed E-state index contributed by atoms with van der Waals surface area (Å²) >= 11 is 5.85. The first-order valence-corrected chi connectivity index (χ1v) is 10.0. The summed E-state index contributed by atoms with van der Waals surface area (Å²) in [7, 11) is 3.10. The Morgan fingerprint density at radius 1 is 1.00 bits per heavy atom. The predicted octanol–water partition coefficient (Wildman–Crippen LogP) is 5.44. The molecule has 3 aromatic rings. The van der Waals surface area contributed by atoms with Gasteiger partial charge < -0.3 is 19.5 Å². The molecule has 0 spiro atoms. The van der Waals surface area contributed by atoms with Crippen molar-refractivity contribution in [3.8, 4) is 23.3 Å². The van der Waals surface area contributed by atoms with Crippen molar-refractivity contribution in [1.29, 1.82) is 5.26 Å². The topological polar surface area (TPSA) is 80.6 Å². The number of carbonyl (C=O) groups is 1. The maximum Gasteiger partial charge on any atom is 0.262 e. The first-order chi connectivity index (χ1) is 15.5. The quantitative estimate of drug-likeness (QED) is 0.366. The number of carbonyl (C=O) groups excluding carboxylic acids is 1. The molecule has 3 aromatic carbocycles. The number of nitrogens with one attached hydrogen (secondary N) is 1. The molecule has 0 radical (unpaired) electrons. The minimum atomic E-state index is -0.315. The van der Waals surface area contributed by atoms with E-state index in [1.807, 2.05) is 12.1 Å². The lowest BCUT2D eigenvalue weighted by Crippen LogP contribution is -2.20. The number of halogens is 1. The summed E-state index contributed by atoms with van der Waals surface area (Å²) in [6.45, 7) is -0.191. The van der Waals surface area contributed by atoms with E-state index < -0.39 is 0 Å². The van der Waals surface area contributed by atoms with E-state index in [9.17, 15) is 10.1 Å². The molecule has 0 heterocycles. The molecule has 0 bridgehead atoms. The molecule has 0 aliphatic rings. The third-order valence-electron chi connectivity index (χ3n) is 4.51. The molecule has 0 aromatic heterocycles. The normalized spacial score (nSPS) is 10.8. The smallest absolute Gasteiger partial charge is 0.262 e. The Morgan fingerprint density at radius 2 is 1.72 bits per heavy atom. The van der Waals surface area contributed by atoms with Crippen molar-refractivity contribution in [2.45, 2.75) is 0 Å². The van der Waals surface area contributed by atoms with Crippen molar-refractivity contribution in [3.05, 3.63) is 82.9 Å². The fourth-order valence-electron chi connectivity index (χ4n) is 2.88. The van der Waals surface area contributed by atoms with Gasteiger partial charge in [0.1, 0.15) is 5.75 Å². The largest absolute Gasteiger partial charge is 0.497 e.